The summed E-state index contributed by atoms with van der Waals surface area (Å²) in [5, 5.41) is 3.01. The van der Waals surface area contributed by atoms with Gasteiger partial charge in [-0.05, 0) is 51.8 Å². The standard InChI is InChI=1S/C21H32ClN3O5S/c1-6-25(7-2)31(28,29)18-14-15(8-9-17(18)22)19(26)23-16-10-12-24(13-11-16)20(27)30-21(3,4)5/h8-9,14,16H,6-7,10-13H2,1-5H3,(H,23,26). The van der Waals surface area contributed by atoms with E-state index >= 15 is 0 Å². The molecule has 0 unspecified atom stereocenters. The number of nitrogens with one attached hydrogen (secondary N) is 1. The van der Waals surface area contributed by atoms with Crippen LogP contribution in [0.4, 0.5) is 4.79 Å². The number of hydrogen-bond donors (Lipinski definition) is 1. The number of benzene rings is 1. The second-order valence-corrected chi connectivity index (χ2v) is 10.8. The first-order valence-corrected chi connectivity index (χ1v) is 12.3. The maximum Gasteiger partial charge on any atom is 0.410 e. The molecule has 2 rings (SSSR count). The van der Waals surface area contributed by atoms with Crippen molar-refractivity contribution in [3.8, 4) is 0 Å². The molecule has 1 heterocycles. The molecule has 1 aromatic rings. The molecule has 1 fully saturated rings. The fourth-order valence-corrected chi connectivity index (χ4v) is 5.30. The summed E-state index contributed by atoms with van der Waals surface area (Å²) in [7, 11) is -3.79. The second kappa shape index (κ2) is 10.2. The number of carbonyl (C=O) groups excluding carboxylic acids is 2. The quantitative estimate of drug-likeness (QED) is 0.682. The summed E-state index contributed by atoms with van der Waals surface area (Å²) in [5.41, 5.74) is -0.329. The third-order valence-electron chi connectivity index (χ3n) is 5.00. The first kappa shape index (κ1) is 25.4. The Labute approximate surface area is 189 Å². The molecular formula is C21H32ClN3O5S. The van der Waals surface area contributed by atoms with Crippen LogP contribution in [0.5, 0.6) is 0 Å². The molecule has 0 spiro atoms. The molecule has 1 aliphatic heterocycles. The molecule has 8 nitrogen and oxygen atoms in total. The first-order chi connectivity index (χ1) is 14.4. The summed E-state index contributed by atoms with van der Waals surface area (Å²) >= 11 is 6.14. The van der Waals surface area contributed by atoms with Crippen LogP contribution in [0, 0.1) is 0 Å². The Morgan fingerprint density at radius 2 is 1.77 bits per heavy atom. The van der Waals surface area contributed by atoms with Gasteiger partial charge in [-0.2, -0.15) is 4.31 Å². The molecule has 0 aliphatic carbocycles. The molecule has 10 heteroatoms. The Bertz CT molecular complexity index is 902. The number of rotatable bonds is 6. The van der Waals surface area contributed by atoms with Gasteiger partial charge in [0.05, 0.1) is 5.02 Å². The number of carbonyl (C=O) groups is 2. The largest absolute Gasteiger partial charge is 0.444 e. The van der Waals surface area contributed by atoms with Crippen LogP contribution in [0.1, 0.15) is 57.8 Å². The van der Waals surface area contributed by atoms with Gasteiger partial charge in [0.25, 0.3) is 5.91 Å². The monoisotopic (exact) mass is 473 g/mol. The average molecular weight is 474 g/mol. The smallest absolute Gasteiger partial charge is 0.410 e. The molecule has 1 aliphatic rings. The number of halogens is 1. The van der Waals surface area contributed by atoms with Crippen molar-refractivity contribution in [3.63, 3.8) is 0 Å². The highest BCUT2D eigenvalue weighted by Crippen LogP contribution is 2.26. The number of hydrogen-bond acceptors (Lipinski definition) is 5. The van der Waals surface area contributed by atoms with Gasteiger partial charge < -0.3 is 15.0 Å². The molecule has 1 aromatic carbocycles. The molecule has 0 radical (unpaired) electrons. The van der Waals surface area contributed by atoms with E-state index < -0.39 is 15.6 Å². The van der Waals surface area contributed by atoms with E-state index in [0.717, 1.165) is 0 Å². The van der Waals surface area contributed by atoms with E-state index in [-0.39, 0.29) is 33.5 Å². The highest BCUT2D eigenvalue weighted by atomic mass is 35.5. The fourth-order valence-electron chi connectivity index (χ4n) is 3.35. The van der Waals surface area contributed by atoms with Gasteiger partial charge in [0.1, 0.15) is 10.5 Å². The summed E-state index contributed by atoms with van der Waals surface area (Å²) in [4.78, 5) is 26.5. The summed E-state index contributed by atoms with van der Waals surface area (Å²) in [6, 6.07) is 4.14. The van der Waals surface area contributed by atoms with Crippen LogP contribution >= 0.6 is 11.6 Å². The van der Waals surface area contributed by atoms with E-state index in [1.807, 2.05) is 20.8 Å². The van der Waals surface area contributed by atoms with Gasteiger partial charge in [-0.15, -0.1) is 0 Å². The Kier molecular flexibility index (Phi) is 8.35. The van der Waals surface area contributed by atoms with E-state index in [9.17, 15) is 18.0 Å². The van der Waals surface area contributed by atoms with Crippen molar-refractivity contribution in [3.05, 3.63) is 28.8 Å². The van der Waals surface area contributed by atoms with Crippen molar-refractivity contribution in [2.45, 2.75) is 64.0 Å². The summed E-state index contributed by atoms with van der Waals surface area (Å²) < 4.78 is 32.4. The molecule has 31 heavy (non-hydrogen) atoms. The summed E-state index contributed by atoms with van der Waals surface area (Å²) in [6.45, 7) is 10.5. The molecule has 2 amide bonds. The summed E-state index contributed by atoms with van der Waals surface area (Å²) in [5.74, 6) is -0.372. The lowest BCUT2D eigenvalue weighted by Crippen LogP contribution is -2.47. The molecular weight excluding hydrogens is 442 g/mol. The lowest BCUT2D eigenvalue weighted by atomic mass is 10.0. The van der Waals surface area contributed by atoms with Crippen LogP contribution in [0.2, 0.25) is 5.02 Å². The number of nitrogens with zero attached hydrogens (tertiary/aromatic N) is 2. The minimum atomic E-state index is -3.79. The Hall–Kier alpha value is -1.84. The highest BCUT2D eigenvalue weighted by molar-refractivity contribution is 7.89. The van der Waals surface area contributed by atoms with Crippen molar-refractivity contribution >= 4 is 33.6 Å². The molecule has 0 aromatic heterocycles. The van der Waals surface area contributed by atoms with Crippen molar-refractivity contribution in [1.82, 2.24) is 14.5 Å². The number of sulfonamides is 1. The SMILES string of the molecule is CCN(CC)S(=O)(=O)c1cc(C(=O)NC2CCN(C(=O)OC(C)(C)C)CC2)ccc1Cl. The van der Waals surface area contributed by atoms with Gasteiger partial charge in [-0.3, -0.25) is 4.79 Å². The Morgan fingerprint density at radius 1 is 1.19 bits per heavy atom. The number of ether oxygens (including phenoxy) is 1. The van der Waals surface area contributed by atoms with Gasteiger partial charge in [0.2, 0.25) is 10.0 Å². The molecule has 1 saturated heterocycles. The van der Waals surface area contributed by atoms with Crippen LogP contribution < -0.4 is 5.32 Å². The lowest BCUT2D eigenvalue weighted by Gasteiger charge is -2.33. The predicted octanol–water partition coefficient (Wildman–Crippen LogP) is 3.50. The van der Waals surface area contributed by atoms with E-state index in [2.05, 4.69) is 5.32 Å². The predicted molar refractivity (Wildman–Crippen MR) is 120 cm³/mol. The number of amides is 2. The van der Waals surface area contributed by atoms with Crippen LogP contribution in [0.25, 0.3) is 0 Å². The average Bonchev–Trinajstić information content (AvgIpc) is 2.68. The third kappa shape index (κ3) is 6.57. The van der Waals surface area contributed by atoms with E-state index in [1.54, 1.807) is 18.7 Å². The maximum absolute atomic E-state index is 12.8. The van der Waals surface area contributed by atoms with Gasteiger partial charge in [0.15, 0.2) is 0 Å². The van der Waals surface area contributed by atoms with Crippen LogP contribution in [0.15, 0.2) is 23.1 Å². The van der Waals surface area contributed by atoms with Gasteiger partial charge in [0, 0.05) is 37.8 Å². The lowest BCUT2D eigenvalue weighted by molar-refractivity contribution is 0.0199. The van der Waals surface area contributed by atoms with E-state index in [4.69, 9.17) is 16.3 Å². The molecule has 1 N–H and O–H groups in total. The van der Waals surface area contributed by atoms with Crippen molar-refractivity contribution < 1.29 is 22.7 Å². The maximum atomic E-state index is 12.8. The van der Waals surface area contributed by atoms with Gasteiger partial charge >= 0.3 is 6.09 Å². The normalized spacial score (nSPS) is 15.8. The number of likely N-dealkylation sites (tertiary alicyclic amines) is 1. The van der Waals surface area contributed by atoms with Crippen LogP contribution in [-0.4, -0.2) is 67.4 Å². The zero-order valence-corrected chi connectivity index (χ0v) is 20.3. The summed E-state index contributed by atoms with van der Waals surface area (Å²) in [6.07, 6.45) is 0.813. The van der Waals surface area contributed by atoms with Crippen LogP contribution in [0.3, 0.4) is 0 Å². The first-order valence-electron chi connectivity index (χ1n) is 10.5. The topological polar surface area (TPSA) is 96.0 Å². The van der Waals surface area contributed by atoms with Crippen molar-refractivity contribution in [2.75, 3.05) is 26.2 Å². The van der Waals surface area contributed by atoms with Crippen molar-refractivity contribution in [2.24, 2.45) is 0 Å². The minimum absolute atomic E-state index is 0.0779. The zero-order chi connectivity index (χ0) is 23.4. The Balaban J connectivity index is 2.05. The van der Waals surface area contributed by atoms with Gasteiger partial charge in [-0.1, -0.05) is 25.4 Å². The minimum Gasteiger partial charge on any atom is -0.444 e. The molecule has 174 valence electrons. The van der Waals surface area contributed by atoms with Crippen molar-refractivity contribution in [1.29, 1.82) is 0 Å². The zero-order valence-electron chi connectivity index (χ0n) is 18.8. The third-order valence-corrected chi connectivity index (χ3v) is 7.53. The number of piperidine rings is 1. The highest BCUT2D eigenvalue weighted by Gasteiger charge is 2.29. The van der Waals surface area contributed by atoms with E-state index in [0.29, 0.717) is 39.0 Å². The van der Waals surface area contributed by atoms with Gasteiger partial charge in [-0.25, -0.2) is 13.2 Å². The Morgan fingerprint density at radius 3 is 2.29 bits per heavy atom. The molecule has 0 bridgehead atoms. The van der Waals surface area contributed by atoms with Crippen LogP contribution in [-0.2, 0) is 14.8 Å². The molecule has 0 saturated carbocycles. The fraction of sp³-hybridized carbons (Fsp3) is 0.619. The van der Waals surface area contributed by atoms with E-state index in [1.165, 1.54) is 22.5 Å². The molecule has 0 atom stereocenters. The second-order valence-electron chi connectivity index (χ2n) is 8.45.